The predicted molar refractivity (Wildman–Crippen MR) is 98.5 cm³/mol. The predicted octanol–water partition coefficient (Wildman–Crippen LogP) is 3.98. The van der Waals surface area contributed by atoms with E-state index in [0.717, 1.165) is 22.6 Å². The van der Waals surface area contributed by atoms with Gasteiger partial charge >= 0.3 is 5.97 Å². The first-order chi connectivity index (χ1) is 12.1. The van der Waals surface area contributed by atoms with Gasteiger partial charge in [0.05, 0.1) is 17.5 Å². The van der Waals surface area contributed by atoms with Crippen LogP contribution in [0.4, 0.5) is 5.13 Å². The fourth-order valence-electron chi connectivity index (χ4n) is 3.04. The van der Waals surface area contributed by atoms with Crippen LogP contribution in [0.1, 0.15) is 24.6 Å². The molecule has 1 aliphatic rings. The first-order valence-electron chi connectivity index (χ1n) is 8.34. The van der Waals surface area contributed by atoms with Crippen molar-refractivity contribution in [2.45, 2.75) is 26.2 Å². The normalized spacial score (nSPS) is 19.6. The fourth-order valence-corrected chi connectivity index (χ4v) is 3.97. The van der Waals surface area contributed by atoms with Gasteiger partial charge in [-0.05, 0) is 19.3 Å². The van der Waals surface area contributed by atoms with Gasteiger partial charge in [-0.25, -0.2) is 4.98 Å². The molecule has 0 spiro atoms. The van der Waals surface area contributed by atoms with E-state index in [2.05, 4.69) is 17.2 Å². The Kier molecular flexibility index (Phi) is 5.28. The minimum atomic E-state index is -0.928. The van der Waals surface area contributed by atoms with Crippen molar-refractivity contribution in [3.8, 4) is 11.3 Å². The van der Waals surface area contributed by atoms with Crippen LogP contribution in [0, 0.1) is 11.8 Å². The average molecular weight is 356 g/mol. The topological polar surface area (TPSA) is 79.3 Å². The summed E-state index contributed by atoms with van der Waals surface area (Å²) >= 11 is 1.45. The van der Waals surface area contributed by atoms with Crippen molar-refractivity contribution < 1.29 is 14.7 Å². The number of hydrogen-bond donors (Lipinski definition) is 2. The second kappa shape index (κ2) is 7.61. The Bertz CT molecular complexity index is 798. The summed E-state index contributed by atoms with van der Waals surface area (Å²) in [6.45, 7) is 2.05. The first-order valence-corrected chi connectivity index (χ1v) is 9.15. The van der Waals surface area contributed by atoms with Gasteiger partial charge < -0.3 is 10.4 Å². The lowest BCUT2D eigenvalue weighted by atomic mass is 9.82. The molecule has 130 valence electrons. The van der Waals surface area contributed by atoms with Crippen LogP contribution in [0.25, 0.3) is 11.3 Å². The zero-order valence-corrected chi connectivity index (χ0v) is 14.8. The number of thiazole rings is 1. The van der Waals surface area contributed by atoms with Crippen LogP contribution in [0.2, 0.25) is 0 Å². The summed E-state index contributed by atoms with van der Waals surface area (Å²) in [7, 11) is 0. The van der Waals surface area contributed by atoms with Crippen molar-refractivity contribution in [1.29, 1.82) is 0 Å². The summed E-state index contributed by atoms with van der Waals surface area (Å²) in [4.78, 5) is 29.6. The van der Waals surface area contributed by atoms with Crippen molar-refractivity contribution in [2.75, 3.05) is 5.32 Å². The van der Waals surface area contributed by atoms with Crippen LogP contribution in [-0.2, 0) is 16.0 Å². The highest BCUT2D eigenvalue weighted by Crippen LogP contribution is 2.33. The molecule has 3 rings (SSSR count). The summed E-state index contributed by atoms with van der Waals surface area (Å²) in [5.74, 6) is -2.43. The molecule has 0 bridgehead atoms. The number of nitrogens with one attached hydrogen (secondary N) is 1. The van der Waals surface area contributed by atoms with E-state index in [1.807, 2.05) is 42.5 Å². The fraction of sp³-hybridized carbons (Fsp3) is 0.316. The van der Waals surface area contributed by atoms with Gasteiger partial charge in [0.15, 0.2) is 5.13 Å². The largest absolute Gasteiger partial charge is 0.481 e. The summed E-state index contributed by atoms with van der Waals surface area (Å²) in [6.07, 6.45) is 5.36. The second-order valence-corrected chi connectivity index (χ2v) is 7.08. The number of aliphatic carboxylic acids is 1. The van der Waals surface area contributed by atoms with Gasteiger partial charge in [0.1, 0.15) is 0 Å². The van der Waals surface area contributed by atoms with Crippen LogP contribution in [0.15, 0.2) is 42.5 Å². The van der Waals surface area contributed by atoms with Gasteiger partial charge in [0.25, 0.3) is 0 Å². The number of carbonyl (C=O) groups excluding carboxylic acids is 1. The maximum atomic E-state index is 12.6. The highest BCUT2D eigenvalue weighted by Gasteiger charge is 2.34. The van der Waals surface area contributed by atoms with E-state index in [4.69, 9.17) is 0 Å². The Morgan fingerprint density at radius 2 is 1.88 bits per heavy atom. The third-order valence-electron chi connectivity index (χ3n) is 4.38. The molecule has 2 unspecified atom stereocenters. The van der Waals surface area contributed by atoms with Gasteiger partial charge in [0, 0.05) is 10.4 Å². The van der Waals surface area contributed by atoms with Gasteiger partial charge in [-0.3, -0.25) is 9.59 Å². The molecule has 1 aromatic carbocycles. The molecule has 2 aromatic rings. The molecule has 0 radical (unpaired) electrons. The molecule has 0 saturated heterocycles. The van der Waals surface area contributed by atoms with Gasteiger partial charge in [-0.2, -0.15) is 0 Å². The molecular weight excluding hydrogens is 336 g/mol. The molecule has 0 aliphatic heterocycles. The van der Waals surface area contributed by atoms with Crippen LogP contribution in [0.5, 0.6) is 0 Å². The van der Waals surface area contributed by atoms with Crippen molar-refractivity contribution >= 4 is 28.3 Å². The number of carboxylic acids is 1. The third kappa shape index (κ3) is 3.79. The zero-order valence-electron chi connectivity index (χ0n) is 13.9. The SMILES string of the molecule is CCc1sc(NC(=O)C2CC=CCC2C(=O)O)nc1-c1ccccc1. The highest BCUT2D eigenvalue weighted by atomic mass is 32.1. The lowest BCUT2D eigenvalue weighted by Gasteiger charge is -2.23. The van der Waals surface area contributed by atoms with Gasteiger partial charge in [-0.1, -0.05) is 49.4 Å². The number of nitrogens with zero attached hydrogens (tertiary/aromatic N) is 1. The molecule has 1 amide bonds. The highest BCUT2D eigenvalue weighted by molar-refractivity contribution is 7.16. The number of hydrogen-bond acceptors (Lipinski definition) is 4. The number of allylic oxidation sites excluding steroid dienone is 2. The number of aromatic nitrogens is 1. The monoisotopic (exact) mass is 356 g/mol. The number of rotatable bonds is 5. The van der Waals surface area contributed by atoms with E-state index in [1.165, 1.54) is 11.3 Å². The minimum Gasteiger partial charge on any atom is -0.481 e. The van der Waals surface area contributed by atoms with Crippen LogP contribution in [-0.4, -0.2) is 22.0 Å². The summed E-state index contributed by atoms with van der Waals surface area (Å²) in [5.41, 5.74) is 1.89. The molecule has 1 aliphatic carbocycles. The van der Waals surface area contributed by atoms with Crippen molar-refractivity contribution in [1.82, 2.24) is 4.98 Å². The lowest BCUT2D eigenvalue weighted by Crippen LogP contribution is -2.34. The zero-order chi connectivity index (χ0) is 17.8. The number of amides is 1. The molecule has 5 nitrogen and oxygen atoms in total. The minimum absolute atomic E-state index is 0.271. The van der Waals surface area contributed by atoms with Crippen molar-refractivity contribution in [3.05, 3.63) is 47.4 Å². The number of benzene rings is 1. The Labute approximate surface area is 150 Å². The maximum Gasteiger partial charge on any atom is 0.307 e. The smallest absolute Gasteiger partial charge is 0.307 e. The van der Waals surface area contributed by atoms with Crippen molar-refractivity contribution in [3.63, 3.8) is 0 Å². The Morgan fingerprint density at radius 1 is 1.20 bits per heavy atom. The van der Waals surface area contributed by atoms with E-state index < -0.39 is 17.8 Å². The maximum absolute atomic E-state index is 12.6. The molecular formula is C19H20N2O3S. The Balaban J connectivity index is 1.81. The van der Waals surface area contributed by atoms with E-state index in [9.17, 15) is 14.7 Å². The standard InChI is InChI=1S/C19H20N2O3S/c1-2-15-16(12-8-4-3-5-9-12)20-19(25-15)21-17(22)13-10-6-7-11-14(13)18(23)24/h3-9,13-14H,2,10-11H2,1H3,(H,23,24)(H,20,21,22). The first kappa shape index (κ1) is 17.4. The molecule has 6 heteroatoms. The van der Waals surface area contributed by atoms with Crippen LogP contribution >= 0.6 is 11.3 Å². The summed E-state index contributed by atoms with van der Waals surface area (Å²) in [6, 6.07) is 9.85. The second-order valence-electron chi connectivity index (χ2n) is 5.99. The molecule has 1 aromatic heterocycles. The van der Waals surface area contributed by atoms with E-state index in [0.29, 0.717) is 18.0 Å². The van der Waals surface area contributed by atoms with E-state index in [1.54, 1.807) is 0 Å². The number of aryl methyl sites for hydroxylation is 1. The molecule has 2 atom stereocenters. The van der Waals surface area contributed by atoms with Gasteiger partial charge in [0.2, 0.25) is 5.91 Å². The summed E-state index contributed by atoms with van der Waals surface area (Å²) in [5, 5.41) is 12.7. The Morgan fingerprint density at radius 3 is 2.52 bits per heavy atom. The van der Waals surface area contributed by atoms with E-state index in [-0.39, 0.29) is 5.91 Å². The van der Waals surface area contributed by atoms with Gasteiger partial charge in [-0.15, -0.1) is 11.3 Å². The lowest BCUT2D eigenvalue weighted by molar-refractivity contribution is -0.146. The number of carboxylic acid groups (broad SMARTS) is 1. The van der Waals surface area contributed by atoms with Crippen molar-refractivity contribution in [2.24, 2.45) is 11.8 Å². The van der Waals surface area contributed by atoms with Crippen LogP contribution in [0.3, 0.4) is 0 Å². The molecule has 0 fully saturated rings. The number of carbonyl (C=O) groups is 2. The molecule has 0 saturated carbocycles. The molecule has 2 N–H and O–H groups in total. The quantitative estimate of drug-likeness (QED) is 0.794. The summed E-state index contributed by atoms with van der Waals surface area (Å²) < 4.78 is 0. The number of anilines is 1. The molecule has 1 heterocycles. The Hall–Kier alpha value is -2.47. The third-order valence-corrected chi connectivity index (χ3v) is 5.50. The average Bonchev–Trinajstić information content (AvgIpc) is 3.05. The van der Waals surface area contributed by atoms with Crippen LogP contribution < -0.4 is 5.32 Å². The van der Waals surface area contributed by atoms with E-state index >= 15 is 0 Å². The molecule has 25 heavy (non-hydrogen) atoms.